The third kappa shape index (κ3) is 7.33. The van der Waals surface area contributed by atoms with Gasteiger partial charge in [-0.1, -0.05) is 33.3 Å². The number of carbonyl (C=O) groups excluding carboxylic acids is 5. The van der Waals surface area contributed by atoms with Crippen molar-refractivity contribution in [2.45, 2.75) is 77.2 Å². The number of rotatable bonds is 12. The second-order valence-corrected chi connectivity index (χ2v) is 9.75. The number of nitrogens with one attached hydrogen (secondary N) is 2. The van der Waals surface area contributed by atoms with Crippen LogP contribution in [0, 0.1) is 5.92 Å². The Hall–Kier alpha value is -3.41. The number of allylic oxidation sites excluding steroid dienone is 1. The zero-order valence-corrected chi connectivity index (χ0v) is 22.4. The first-order chi connectivity index (χ1) is 18.2. The molecule has 0 bridgehead atoms. The highest BCUT2D eigenvalue weighted by molar-refractivity contribution is 5.97. The van der Waals surface area contributed by atoms with Crippen LogP contribution >= 0.6 is 0 Å². The maximum absolute atomic E-state index is 13.5. The zero-order valence-electron chi connectivity index (χ0n) is 22.4. The van der Waals surface area contributed by atoms with Crippen LogP contribution in [-0.4, -0.2) is 90.7 Å². The van der Waals surface area contributed by atoms with Crippen molar-refractivity contribution < 1.29 is 38.2 Å². The van der Waals surface area contributed by atoms with Gasteiger partial charge in [0.2, 0.25) is 12.7 Å². The molecule has 2 saturated heterocycles. The van der Waals surface area contributed by atoms with Gasteiger partial charge in [-0.05, 0) is 31.4 Å². The number of likely N-dealkylation sites (tertiary alicyclic amines) is 1. The maximum Gasteiger partial charge on any atom is 0.338 e. The molecular formula is C26H38N4O8. The monoisotopic (exact) mass is 534 g/mol. The molecule has 5 atom stereocenters. The van der Waals surface area contributed by atoms with Crippen molar-refractivity contribution in [3.8, 4) is 0 Å². The van der Waals surface area contributed by atoms with E-state index in [-0.39, 0.29) is 11.8 Å². The van der Waals surface area contributed by atoms with Gasteiger partial charge >= 0.3 is 11.9 Å². The van der Waals surface area contributed by atoms with Crippen molar-refractivity contribution >= 4 is 29.7 Å². The van der Waals surface area contributed by atoms with Crippen LogP contribution in [0.2, 0.25) is 0 Å². The summed E-state index contributed by atoms with van der Waals surface area (Å²) in [6.45, 7) is 5.89. The number of carbonyl (C=O) groups is 5. The largest absolute Gasteiger partial charge is 0.426 e. The molecule has 1 unspecified atom stereocenters. The van der Waals surface area contributed by atoms with Gasteiger partial charge < -0.3 is 34.6 Å². The minimum absolute atomic E-state index is 0.230. The molecular weight excluding hydrogens is 496 g/mol. The van der Waals surface area contributed by atoms with Crippen LogP contribution in [0.15, 0.2) is 24.0 Å². The summed E-state index contributed by atoms with van der Waals surface area (Å²) in [6.07, 6.45) is 6.21. The van der Waals surface area contributed by atoms with Gasteiger partial charge in [-0.2, -0.15) is 0 Å². The van der Waals surface area contributed by atoms with E-state index >= 15 is 0 Å². The lowest BCUT2D eigenvalue weighted by molar-refractivity contribution is -0.170. The molecule has 3 rings (SSSR count). The van der Waals surface area contributed by atoms with Crippen molar-refractivity contribution in [3.63, 3.8) is 0 Å². The predicted octanol–water partition coefficient (Wildman–Crippen LogP) is 0.579. The third-order valence-electron chi connectivity index (χ3n) is 6.83. The van der Waals surface area contributed by atoms with Crippen molar-refractivity contribution in [1.29, 1.82) is 0 Å². The lowest BCUT2D eigenvalue weighted by Gasteiger charge is -2.30. The highest BCUT2D eigenvalue weighted by Gasteiger charge is 2.51. The molecule has 0 aromatic rings. The van der Waals surface area contributed by atoms with E-state index in [1.165, 1.54) is 4.90 Å². The Kier molecular flexibility index (Phi) is 10.3. The number of hydrogen-bond donors (Lipinski definition) is 2. The van der Waals surface area contributed by atoms with E-state index in [1.807, 2.05) is 33.0 Å². The Morgan fingerprint density at radius 1 is 1.13 bits per heavy atom. The minimum atomic E-state index is -0.949. The molecule has 0 aromatic heterocycles. The van der Waals surface area contributed by atoms with E-state index < -0.39 is 54.8 Å². The van der Waals surface area contributed by atoms with E-state index in [1.54, 1.807) is 18.1 Å². The molecule has 0 saturated carbocycles. The molecule has 210 valence electrons. The van der Waals surface area contributed by atoms with E-state index in [0.717, 1.165) is 6.42 Å². The van der Waals surface area contributed by atoms with E-state index in [4.69, 9.17) is 14.2 Å². The SMILES string of the molecule is CCCNC(=O)[C@H]1OC1C(=O)N[C@H](C(=O)N1CCC[C@H]1C(=O)OCOC(=O)C1=CN(C)C=CC1)[C@@H](C)CC. The van der Waals surface area contributed by atoms with Crippen LogP contribution in [0.1, 0.15) is 52.9 Å². The molecule has 0 radical (unpaired) electrons. The van der Waals surface area contributed by atoms with E-state index in [0.29, 0.717) is 44.3 Å². The molecule has 3 aliphatic rings. The molecule has 3 aliphatic heterocycles. The summed E-state index contributed by atoms with van der Waals surface area (Å²) < 4.78 is 15.5. The van der Waals surface area contributed by atoms with E-state index in [9.17, 15) is 24.0 Å². The lowest BCUT2D eigenvalue weighted by Crippen LogP contribution is -2.55. The zero-order chi connectivity index (χ0) is 27.8. The number of epoxide rings is 1. The number of esters is 2. The number of ether oxygens (including phenoxy) is 3. The molecule has 0 spiro atoms. The van der Waals surface area contributed by atoms with Crippen molar-refractivity contribution in [2.24, 2.45) is 5.92 Å². The quantitative estimate of drug-likeness (QED) is 0.208. The van der Waals surface area contributed by atoms with E-state index in [2.05, 4.69) is 10.6 Å². The highest BCUT2D eigenvalue weighted by atomic mass is 16.7. The first-order valence-corrected chi connectivity index (χ1v) is 13.1. The standard InChI is InChI=1S/C26H38N4O8/c1-5-11-27-22(31)20-21(38-20)23(32)28-19(16(3)6-2)24(33)30-13-8-10-18(30)26(35)37-15-36-25(34)17-9-7-12-29(4)14-17/h7,12,14,16,18-21H,5-6,8-11,13,15H2,1-4H3,(H,27,31)(H,28,32)/t16-,18-,19-,20-,21?/m0/s1. The van der Waals surface area contributed by atoms with Gasteiger partial charge in [-0.25, -0.2) is 9.59 Å². The fraction of sp³-hybridized carbons (Fsp3) is 0.654. The maximum atomic E-state index is 13.5. The lowest BCUT2D eigenvalue weighted by atomic mass is 9.97. The summed E-state index contributed by atoms with van der Waals surface area (Å²) in [5, 5.41) is 5.42. The number of nitrogens with zero attached hydrogens (tertiary/aromatic N) is 2. The van der Waals surface area contributed by atoms with Crippen LogP contribution in [-0.2, 0) is 38.2 Å². The fourth-order valence-corrected chi connectivity index (χ4v) is 4.39. The Bertz CT molecular complexity index is 980. The summed E-state index contributed by atoms with van der Waals surface area (Å²) in [5.41, 5.74) is 0.431. The summed E-state index contributed by atoms with van der Waals surface area (Å²) in [5.74, 6) is -2.79. The fourth-order valence-electron chi connectivity index (χ4n) is 4.39. The molecule has 2 N–H and O–H groups in total. The van der Waals surface area contributed by atoms with Crippen LogP contribution in [0.5, 0.6) is 0 Å². The van der Waals surface area contributed by atoms with Crippen molar-refractivity contribution in [1.82, 2.24) is 20.4 Å². The van der Waals surface area contributed by atoms with Crippen molar-refractivity contribution in [3.05, 3.63) is 24.0 Å². The first kappa shape index (κ1) is 29.2. The summed E-state index contributed by atoms with van der Waals surface area (Å²) in [6, 6.07) is -1.75. The van der Waals surface area contributed by atoms with Crippen molar-refractivity contribution in [2.75, 3.05) is 26.9 Å². The van der Waals surface area contributed by atoms with Gasteiger partial charge in [-0.15, -0.1) is 0 Å². The molecule has 12 heteroatoms. The van der Waals surface area contributed by atoms with Gasteiger partial charge in [0.05, 0.1) is 5.57 Å². The molecule has 3 amide bonds. The number of hydrogen-bond acceptors (Lipinski definition) is 9. The second kappa shape index (κ2) is 13.4. The average Bonchev–Trinajstić information content (AvgIpc) is 3.57. The Labute approximate surface area is 222 Å². The predicted molar refractivity (Wildman–Crippen MR) is 135 cm³/mol. The molecule has 2 fully saturated rings. The molecule has 0 aliphatic carbocycles. The smallest absolute Gasteiger partial charge is 0.338 e. The van der Waals surface area contributed by atoms with Gasteiger partial charge in [0.1, 0.15) is 12.1 Å². The molecule has 3 heterocycles. The summed E-state index contributed by atoms with van der Waals surface area (Å²) in [7, 11) is 1.78. The summed E-state index contributed by atoms with van der Waals surface area (Å²) >= 11 is 0. The van der Waals surface area contributed by atoms with Gasteiger partial charge in [-0.3, -0.25) is 14.4 Å². The van der Waals surface area contributed by atoms with Crippen LogP contribution in [0.25, 0.3) is 0 Å². The molecule has 12 nitrogen and oxygen atoms in total. The number of amides is 3. The Balaban J connectivity index is 1.55. The third-order valence-corrected chi connectivity index (χ3v) is 6.83. The topological polar surface area (TPSA) is 147 Å². The van der Waals surface area contributed by atoms with Crippen LogP contribution in [0.4, 0.5) is 0 Å². The van der Waals surface area contributed by atoms with Gasteiger partial charge in [0, 0.05) is 32.8 Å². The Morgan fingerprint density at radius 2 is 1.87 bits per heavy atom. The second-order valence-electron chi connectivity index (χ2n) is 9.75. The Morgan fingerprint density at radius 3 is 2.55 bits per heavy atom. The van der Waals surface area contributed by atoms with Crippen LogP contribution in [0.3, 0.4) is 0 Å². The first-order valence-electron chi connectivity index (χ1n) is 13.1. The average molecular weight is 535 g/mol. The van der Waals surface area contributed by atoms with Crippen LogP contribution < -0.4 is 10.6 Å². The normalized spacial score (nSPS) is 23.7. The molecule has 38 heavy (non-hydrogen) atoms. The minimum Gasteiger partial charge on any atom is -0.426 e. The van der Waals surface area contributed by atoms with Gasteiger partial charge in [0.25, 0.3) is 11.8 Å². The summed E-state index contributed by atoms with van der Waals surface area (Å²) in [4.78, 5) is 66.5. The van der Waals surface area contributed by atoms with Gasteiger partial charge in [0.15, 0.2) is 12.2 Å². The molecule has 0 aromatic carbocycles. The highest BCUT2D eigenvalue weighted by Crippen LogP contribution is 2.25.